The minimum Gasteiger partial charge on any atom is -0.492 e. The molecule has 1 saturated heterocycles. The van der Waals surface area contributed by atoms with Gasteiger partial charge in [-0.25, -0.2) is 8.42 Å². The molecule has 1 fully saturated rings. The summed E-state index contributed by atoms with van der Waals surface area (Å²) >= 11 is 5.31. The van der Waals surface area contributed by atoms with Crippen molar-refractivity contribution in [3.05, 3.63) is 90.0 Å². The molecule has 0 aromatic heterocycles. The number of carbonyl (C=O) groups excluding carboxylic acids is 1. The molecule has 4 rings (SSSR count). The van der Waals surface area contributed by atoms with E-state index in [0.29, 0.717) is 36.7 Å². The van der Waals surface area contributed by atoms with Gasteiger partial charge in [-0.1, -0.05) is 48.9 Å². The lowest BCUT2D eigenvalue weighted by Gasteiger charge is -2.25. The van der Waals surface area contributed by atoms with Crippen LogP contribution in [0.2, 0.25) is 0 Å². The maximum Gasteiger partial charge on any atom is 0.261 e. The van der Waals surface area contributed by atoms with Gasteiger partial charge in [-0.3, -0.25) is 10.1 Å². The molecule has 188 valence electrons. The summed E-state index contributed by atoms with van der Waals surface area (Å²) in [6.07, 6.45) is 3.55. The van der Waals surface area contributed by atoms with Crippen molar-refractivity contribution in [2.24, 2.45) is 0 Å². The van der Waals surface area contributed by atoms with Crippen LogP contribution in [0.15, 0.2) is 83.8 Å². The van der Waals surface area contributed by atoms with Crippen LogP contribution < -0.4 is 15.4 Å². The van der Waals surface area contributed by atoms with Gasteiger partial charge in [-0.2, -0.15) is 4.31 Å². The molecule has 36 heavy (non-hydrogen) atoms. The summed E-state index contributed by atoms with van der Waals surface area (Å²) in [5, 5.41) is 5.70. The third-order valence-electron chi connectivity index (χ3n) is 5.91. The zero-order valence-corrected chi connectivity index (χ0v) is 21.5. The number of nitrogens with one attached hydrogen (secondary N) is 2. The molecule has 0 atom stereocenters. The standard InChI is InChI=1S/C27H29N3O4S2/c31-26(24-11-5-6-12-25(24)34-20-17-21-9-3-1-4-10-21)29-27(35)28-22-13-15-23(16-14-22)36(32,33)30-18-7-2-8-19-30/h1,3-6,9-16H,2,7-8,17-20H2,(H2,28,29,31,35). The fraction of sp³-hybridized carbons (Fsp3) is 0.259. The van der Waals surface area contributed by atoms with E-state index < -0.39 is 15.9 Å². The zero-order valence-electron chi connectivity index (χ0n) is 19.9. The van der Waals surface area contributed by atoms with Crippen LogP contribution >= 0.6 is 12.2 Å². The summed E-state index contributed by atoms with van der Waals surface area (Å²) in [6.45, 7) is 1.54. The number of carbonyl (C=O) groups is 1. The van der Waals surface area contributed by atoms with Crippen LogP contribution in [0.25, 0.3) is 0 Å². The molecule has 0 radical (unpaired) electrons. The number of rotatable bonds is 8. The highest BCUT2D eigenvalue weighted by atomic mass is 32.2. The Morgan fingerprint density at radius 2 is 1.56 bits per heavy atom. The second-order valence-electron chi connectivity index (χ2n) is 8.48. The smallest absolute Gasteiger partial charge is 0.261 e. The maximum atomic E-state index is 12.9. The van der Waals surface area contributed by atoms with Gasteiger partial charge in [0.1, 0.15) is 5.75 Å². The molecule has 0 saturated carbocycles. The number of benzene rings is 3. The second-order valence-corrected chi connectivity index (χ2v) is 10.8. The van der Waals surface area contributed by atoms with E-state index in [1.54, 1.807) is 42.5 Å². The van der Waals surface area contributed by atoms with E-state index in [2.05, 4.69) is 10.6 Å². The fourth-order valence-corrected chi connectivity index (χ4v) is 5.73. The van der Waals surface area contributed by atoms with Gasteiger partial charge in [0, 0.05) is 25.2 Å². The van der Waals surface area contributed by atoms with Gasteiger partial charge in [-0.15, -0.1) is 0 Å². The summed E-state index contributed by atoms with van der Waals surface area (Å²) in [7, 11) is -3.50. The third kappa shape index (κ3) is 6.69. The van der Waals surface area contributed by atoms with E-state index in [0.717, 1.165) is 31.2 Å². The third-order valence-corrected chi connectivity index (χ3v) is 8.03. The summed E-state index contributed by atoms with van der Waals surface area (Å²) in [5.74, 6) is 0.0770. The predicted octanol–water partition coefficient (Wildman–Crippen LogP) is 4.61. The Morgan fingerprint density at radius 3 is 2.28 bits per heavy atom. The molecule has 9 heteroatoms. The lowest BCUT2D eigenvalue weighted by molar-refractivity contribution is 0.0974. The molecule has 0 spiro atoms. The van der Waals surface area contributed by atoms with E-state index in [1.807, 2.05) is 36.4 Å². The number of piperidine rings is 1. The maximum absolute atomic E-state index is 12.9. The first kappa shape index (κ1) is 25.8. The van der Waals surface area contributed by atoms with Crippen molar-refractivity contribution in [1.29, 1.82) is 0 Å². The van der Waals surface area contributed by atoms with Gasteiger partial charge in [0.15, 0.2) is 5.11 Å². The normalized spacial score (nSPS) is 14.1. The van der Waals surface area contributed by atoms with E-state index >= 15 is 0 Å². The van der Waals surface area contributed by atoms with Crippen LogP contribution in [0.3, 0.4) is 0 Å². The molecule has 0 bridgehead atoms. The summed E-state index contributed by atoms with van der Waals surface area (Å²) in [5.41, 5.74) is 2.10. The number of amides is 1. The topological polar surface area (TPSA) is 87.7 Å². The molecular formula is C27H29N3O4S2. The number of nitrogens with zero attached hydrogens (tertiary/aromatic N) is 1. The molecule has 7 nitrogen and oxygen atoms in total. The first-order valence-electron chi connectivity index (χ1n) is 11.9. The van der Waals surface area contributed by atoms with Gasteiger partial charge >= 0.3 is 0 Å². The summed E-state index contributed by atoms with van der Waals surface area (Å²) in [4.78, 5) is 13.1. The highest BCUT2D eigenvalue weighted by molar-refractivity contribution is 7.89. The van der Waals surface area contributed by atoms with Crippen molar-refractivity contribution < 1.29 is 17.9 Å². The lowest BCUT2D eigenvalue weighted by atomic mass is 10.1. The Kier molecular flexibility index (Phi) is 8.69. The first-order valence-corrected chi connectivity index (χ1v) is 13.8. The summed E-state index contributed by atoms with van der Waals surface area (Å²) in [6, 6.07) is 23.3. The average molecular weight is 524 g/mol. The number of ether oxygens (including phenoxy) is 1. The highest BCUT2D eigenvalue weighted by Crippen LogP contribution is 2.22. The van der Waals surface area contributed by atoms with Crippen LogP contribution in [-0.4, -0.2) is 43.4 Å². The SMILES string of the molecule is O=C(NC(=S)Nc1ccc(S(=O)(=O)N2CCCCC2)cc1)c1ccccc1OCCc1ccccc1. The van der Waals surface area contributed by atoms with E-state index in [1.165, 1.54) is 4.31 Å². The van der Waals surface area contributed by atoms with Crippen molar-refractivity contribution in [2.75, 3.05) is 25.0 Å². The molecule has 3 aromatic carbocycles. The Bertz CT molecular complexity index is 1290. The predicted molar refractivity (Wildman–Crippen MR) is 145 cm³/mol. The van der Waals surface area contributed by atoms with Crippen LogP contribution in [0, 0.1) is 0 Å². The lowest BCUT2D eigenvalue weighted by Crippen LogP contribution is -2.35. The van der Waals surface area contributed by atoms with Gasteiger partial charge in [-0.05, 0) is 67.0 Å². The number of sulfonamides is 1. The number of anilines is 1. The van der Waals surface area contributed by atoms with Gasteiger partial charge in [0.25, 0.3) is 5.91 Å². The number of hydrogen-bond acceptors (Lipinski definition) is 5. The Labute approximate surface area is 217 Å². The van der Waals surface area contributed by atoms with E-state index in [-0.39, 0.29) is 10.0 Å². The van der Waals surface area contributed by atoms with Crippen LogP contribution in [0.1, 0.15) is 35.2 Å². The second kappa shape index (κ2) is 12.1. The van der Waals surface area contributed by atoms with Crippen molar-refractivity contribution in [1.82, 2.24) is 9.62 Å². The van der Waals surface area contributed by atoms with Crippen molar-refractivity contribution in [3.8, 4) is 5.75 Å². The Hall–Kier alpha value is -3.27. The molecule has 2 N–H and O–H groups in total. The molecule has 1 amide bonds. The molecule has 0 aliphatic carbocycles. The van der Waals surface area contributed by atoms with Crippen molar-refractivity contribution in [3.63, 3.8) is 0 Å². The first-order chi connectivity index (χ1) is 17.4. The quantitative estimate of drug-likeness (QED) is 0.420. The molecule has 1 aliphatic rings. The van der Waals surface area contributed by atoms with Crippen LogP contribution in [0.4, 0.5) is 5.69 Å². The monoisotopic (exact) mass is 523 g/mol. The molecule has 1 heterocycles. The van der Waals surface area contributed by atoms with Crippen molar-refractivity contribution in [2.45, 2.75) is 30.6 Å². The zero-order chi connectivity index (χ0) is 25.4. The summed E-state index contributed by atoms with van der Waals surface area (Å²) < 4.78 is 33.0. The van der Waals surface area contributed by atoms with Crippen LogP contribution in [-0.2, 0) is 16.4 Å². The number of thiocarbonyl (C=S) groups is 1. The van der Waals surface area contributed by atoms with E-state index in [9.17, 15) is 13.2 Å². The largest absolute Gasteiger partial charge is 0.492 e. The minimum atomic E-state index is -3.50. The van der Waals surface area contributed by atoms with Gasteiger partial charge in [0.05, 0.1) is 17.1 Å². The molecular weight excluding hydrogens is 494 g/mol. The Morgan fingerprint density at radius 1 is 0.889 bits per heavy atom. The molecule has 0 unspecified atom stereocenters. The minimum absolute atomic E-state index is 0.103. The van der Waals surface area contributed by atoms with Crippen molar-refractivity contribution >= 4 is 38.9 Å². The van der Waals surface area contributed by atoms with E-state index in [4.69, 9.17) is 17.0 Å². The average Bonchev–Trinajstić information content (AvgIpc) is 2.90. The van der Waals surface area contributed by atoms with Crippen LogP contribution in [0.5, 0.6) is 5.75 Å². The molecule has 1 aliphatic heterocycles. The Balaban J connectivity index is 1.33. The van der Waals surface area contributed by atoms with Gasteiger partial charge < -0.3 is 10.1 Å². The fourth-order valence-electron chi connectivity index (χ4n) is 4.00. The molecule has 3 aromatic rings. The van der Waals surface area contributed by atoms with Gasteiger partial charge in [0.2, 0.25) is 10.0 Å². The number of hydrogen-bond donors (Lipinski definition) is 2. The number of para-hydroxylation sites is 1. The highest BCUT2D eigenvalue weighted by Gasteiger charge is 2.25.